The highest BCUT2D eigenvalue weighted by Gasteiger charge is 2.15. The normalized spacial score (nSPS) is 15.6. The molecule has 3 nitrogen and oxygen atoms in total. The van der Waals surface area contributed by atoms with Crippen LogP contribution in [0.4, 0.5) is 5.69 Å². The minimum absolute atomic E-state index is 0.00479. The van der Waals surface area contributed by atoms with Crippen molar-refractivity contribution in [3.8, 4) is 6.07 Å². The Kier molecular flexibility index (Phi) is 5.60. The van der Waals surface area contributed by atoms with Crippen molar-refractivity contribution in [1.82, 2.24) is 0 Å². The quantitative estimate of drug-likeness (QED) is 0.873. The number of hydrogen-bond donors (Lipinski definition) is 1. The number of carbonyl (C=O) groups is 1. The maximum Gasteiger partial charge on any atom is 0.224 e. The molecule has 0 radical (unpaired) electrons. The van der Waals surface area contributed by atoms with Crippen molar-refractivity contribution in [3.63, 3.8) is 0 Å². The minimum atomic E-state index is 0.00479. The molecule has 0 aromatic heterocycles. The van der Waals surface area contributed by atoms with Crippen LogP contribution in [0.1, 0.15) is 50.5 Å². The molecule has 106 valence electrons. The third-order valence-corrected chi connectivity index (χ3v) is 4.37. The molecule has 0 spiro atoms. The molecule has 0 atom stereocenters. The van der Waals surface area contributed by atoms with Crippen LogP contribution in [0.3, 0.4) is 0 Å². The van der Waals surface area contributed by atoms with Gasteiger partial charge in [-0.3, -0.25) is 4.79 Å². The number of rotatable bonds is 4. The summed E-state index contributed by atoms with van der Waals surface area (Å²) in [5.41, 5.74) is 1.09. The number of nitriles is 1. The van der Waals surface area contributed by atoms with Crippen LogP contribution in [0.15, 0.2) is 22.7 Å². The van der Waals surface area contributed by atoms with Gasteiger partial charge in [-0.2, -0.15) is 5.26 Å². The second kappa shape index (κ2) is 7.44. The van der Waals surface area contributed by atoms with Crippen molar-refractivity contribution >= 4 is 27.5 Å². The van der Waals surface area contributed by atoms with Crippen LogP contribution in [0.25, 0.3) is 0 Å². The third kappa shape index (κ3) is 4.35. The van der Waals surface area contributed by atoms with E-state index >= 15 is 0 Å². The summed E-state index contributed by atoms with van der Waals surface area (Å²) in [6.07, 6.45) is 7.96. The van der Waals surface area contributed by atoms with Crippen LogP contribution in [0, 0.1) is 17.2 Å². The second-order valence-electron chi connectivity index (χ2n) is 5.39. The first-order valence-corrected chi connectivity index (χ1v) is 7.98. The van der Waals surface area contributed by atoms with Crippen LogP contribution in [0.2, 0.25) is 0 Å². The van der Waals surface area contributed by atoms with E-state index in [2.05, 4.69) is 27.3 Å². The summed E-state index contributed by atoms with van der Waals surface area (Å²) in [4.78, 5) is 12.0. The first kappa shape index (κ1) is 15.1. The number of benzene rings is 1. The van der Waals surface area contributed by atoms with Gasteiger partial charge in [-0.05, 0) is 30.5 Å². The van der Waals surface area contributed by atoms with Gasteiger partial charge >= 0.3 is 0 Å². The van der Waals surface area contributed by atoms with E-state index < -0.39 is 0 Å². The molecule has 2 rings (SSSR count). The highest BCUT2D eigenvalue weighted by molar-refractivity contribution is 9.10. The number of amides is 1. The Bertz CT molecular complexity index is 516. The van der Waals surface area contributed by atoms with E-state index in [1.807, 2.05) is 0 Å². The van der Waals surface area contributed by atoms with Crippen molar-refractivity contribution in [2.24, 2.45) is 5.92 Å². The van der Waals surface area contributed by atoms with Crippen molar-refractivity contribution in [3.05, 3.63) is 28.2 Å². The van der Waals surface area contributed by atoms with Gasteiger partial charge in [-0.25, -0.2) is 0 Å². The topological polar surface area (TPSA) is 52.9 Å². The Morgan fingerprint density at radius 3 is 2.80 bits per heavy atom. The fraction of sp³-hybridized carbons (Fsp3) is 0.500. The van der Waals surface area contributed by atoms with E-state index in [1.54, 1.807) is 18.2 Å². The monoisotopic (exact) mass is 334 g/mol. The Balaban J connectivity index is 1.88. The minimum Gasteiger partial charge on any atom is -0.325 e. The lowest BCUT2D eigenvalue weighted by Crippen LogP contribution is -2.15. The lowest BCUT2D eigenvalue weighted by Gasteiger charge is -2.21. The molecule has 1 aromatic carbocycles. The number of nitrogens with one attached hydrogen (secondary N) is 1. The molecule has 1 saturated carbocycles. The molecule has 20 heavy (non-hydrogen) atoms. The van der Waals surface area contributed by atoms with E-state index in [0.717, 1.165) is 10.9 Å². The summed E-state index contributed by atoms with van der Waals surface area (Å²) in [5.74, 6) is 0.706. The van der Waals surface area contributed by atoms with Crippen LogP contribution >= 0.6 is 15.9 Å². The van der Waals surface area contributed by atoms with Gasteiger partial charge in [0.25, 0.3) is 0 Å². The molecule has 1 amide bonds. The van der Waals surface area contributed by atoms with Crippen molar-refractivity contribution in [1.29, 1.82) is 5.26 Å². The standard InChI is InChI=1S/C16H19BrN2O/c17-14-8-7-13(11-18)15(10-14)19-16(20)9-6-12-4-2-1-3-5-12/h7-8,10,12H,1-6,9H2,(H,19,20). The van der Waals surface area contributed by atoms with Crippen LogP contribution < -0.4 is 5.32 Å². The second-order valence-corrected chi connectivity index (χ2v) is 6.31. The highest BCUT2D eigenvalue weighted by atomic mass is 79.9. The largest absolute Gasteiger partial charge is 0.325 e. The van der Waals surface area contributed by atoms with E-state index in [9.17, 15) is 4.79 Å². The first-order chi connectivity index (χ1) is 9.69. The fourth-order valence-corrected chi connectivity index (χ4v) is 3.10. The smallest absolute Gasteiger partial charge is 0.224 e. The summed E-state index contributed by atoms with van der Waals surface area (Å²) >= 11 is 3.36. The molecule has 1 aliphatic rings. The van der Waals surface area contributed by atoms with Crippen molar-refractivity contribution < 1.29 is 4.79 Å². The summed E-state index contributed by atoms with van der Waals surface area (Å²) in [6, 6.07) is 7.38. The summed E-state index contributed by atoms with van der Waals surface area (Å²) in [6.45, 7) is 0. The van der Waals surface area contributed by atoms with E-state index in [0.29, 0.717) is 23.6 Å². The zero-order valence-electron chi connectivity index (χ0n) is 11.5. The molecular weight excluding hydrogens is 316 g/mol. The molecule has 1 aromatic rings. The summed E-state index contributed by atoms with van der Waals surface area (Å²) in [5, 5.41) is 11.9. The number of halogens is 1. The SMILES string of the molecule is N#Cc1ccc(Br)cc1NC(=O)CCC1CCCCC1. The maximum atomic E-state index is 12.0. The van der Waals surface area contributed by atoms with Crippen LogP contribution in [0.5, 0.6) is 0 Å². The number of hydrogen-bond acceptors (Lipinski definition) is 2. The molecule has 0 unspecified atom stereocenters. The predicted molar refractivity (Wildman–Crippen MR) is 83.3 cm³/mol. The Hall–Kier alpha value is -1.34. The molecule has 0 heterocycles. The van der Waals surface area contributed by atoms with Crippen LogP contribution in [-0.2, 0) is 4.79 Å². The Morgan fingerprint density at radius 1 is 1.35 bits per heavy atom. The lowest BCUT2D eigenvalue weighted by atomic mass is 9.86. The molecule has 0 aliphatic heterocycles. The van der Waals surface area contributed by atoms with Gasteiger partial charge in [-0.15, -0.1) is 0 Å². The van der Waals surface area contributed by atoms with Gasteiger partial charge in [0, 0.05) is 10.9 Å². The average molecular weight is 335 g/mol. The predicted octanol–water partition coefficient (Wildman–Crippen LogP) is 4.62. The third-order valence-electron chi connectivity index (χ3n) is 3.88. The van der Waals surface area contributed by atoms with Gasteiger partial charge in [0.15, 0.2) is 0 Å². The molecule has 0 saturated heterocycles. The van der Waals surface area contributed by atoms with Gasteiger partial charge in [0.05, 0.1) is 11.3 Å². The van der Waals surface area contributed by atoms with Crippen molar-refractivity contribution in [2.45, 2.75) is 44.9 Å². The van der Waals surface area contributed by atoms with Crippen molar-refractivity contribution in [2.75, 3.05) is 5.32 Å². The molecule has 1 aliphatic carbocycles. The lowest BCUT2D eigenvalue weighted by molar-refractivity contribution is -0.116. The first-order valence-electron chi connectivity index (χ1n) is 7.18. The Morgan fingerprint density at radius 2 is 2.10 bits per heavy atom. The van der Waals surface area contributed by atoms with E-state index in [1.165, 1.54) is 32.1 Å². The van der Waals surface area contributed by atoms with E-state index in [-0.39, 0.29) is 5.91 Å². The molecule has 1 fully saturated rings. The summed E-state index contributed by atoms with van der Waals surface area (Å²) < 4.78 is 0.860. The highest BCUT2D eigenvalue weighted by Crippen LogP contribution is 2.27. The average Bonchev–Trinajstić information content (AvgIpc) is 2.46. The van der Waals surface area contributed by atoms with Gasteiger partial charge in [0.2, 0.25) is 5.91 Å². The van der Waals surface area contributed by atoms with E-state index in [4.69, 9.17) is 5.26 Å². The molecule has 0 bridgehead atoms. The molecular formula is C16H19BrN2O. The van der Waals surface area contributed by atoms with Crippen LogP contribution in [-0.4, -0.2) is 5.91 Å². The number of carbonyl (C=O) groups excluding carboxylic acids is 1. The zero-order chi connectivity index (χ0) is 14.4. The maximum absolute atomic E-state index is 12.0. The molecule has 1 N–H and O–H groups in total. The Labute approximate surface area is 128 Å². The number of anilines is 1. The fourth-order valence-electron chi connectivity index (χ4n) is 2.74. The number of nitrogens with zero attached hydrogens (tertiary/aromatic N) is 1. The zero-order valence-corrected chi connectivity index (χ0v) is 13.1. The molecule has 4 heteroatoms. The summed E-state index contributed by atoms with van der Waals surface area (Å²) in [7, 11) is 0. The van der Waals surface area contributed by atoms with Gasteiger partial charge in [0.1, 0.15) is 6.07 Å². The van der Waals surface area contributed by atoms with Gasteiger partial charge in [-0.1, -0.05) is 48.0 Å². The van der Waals surface area contributed by atoms with Gasteiger partial charge < -0.3 is 5.32 Å².